The molecule has 0 saturated carbocycles. The lowest BCUT2D eigenvalue weighted by molar-refractivity contribution is -0.147. The summed E-state index contributed by atoms with van der Waals surface area (Å²) in [5.74, 6) is -0.601. The standard InChI is InChI=1S/C17H21NO6/c1-10(17(21)23-8-7-22-4)18-14-9-13(11(2)19)5-6-15(14)24-12(3)16(18)20/h5-6,9-10,12H,7-8H2,1-4H3. The number of anilines is 1. The predicted molar refractivity (Wildman–Crippen MR) is 86.3 cm³/mol. The Hall–Kier alpha value is -2.41. The fraction of sp³-hybridized carbons (Fsp3) is 0.471. The van der Waals surface area contributed by atoms with Gasteiger partial charge >= 0.3 is 5.97 Å². The van der Waals surface area contributed by atoms with Crippen LogP contribution < -0.4 is 9.64 Å². The van der Waals surface area contributed by atoms with Crippen LogP contribution >= 0.6 is 0 Å². The lowest BCUT2D eigenvalue weighted by atomic mass is 10.1. The molecule has 0 bridgehead atoms. The van der Waals surface area contributed by atoms with Crippen molar-refractivity contribution in [3.05, 3.63) is 23.8 Å². The van der Waals surface area contributed by atoms with Crippen molar-refractivity contribution in [1.82, 2.24) is 0 Å². The van der Waals surface area contributed by atoms with Crippen LogP contribution in [0, 0.1) is 0 Å². The van der Waals surface area contributed by atoms with Gasteiger partial charge in [0.2, 0.25) is 0 Å². The first-order chi connectivity index (χ1) is 11.4. The third kappa shape index (κ3) is 3.56. The second-order valence-corrected chi connectivity index (χ2v) is 5.54. The molecule has 1 aliphatic heterocycles. The van der Waals surface area contributed by atoms with Crippen molar-refractivity contribution >= 4 is 23.3 Å². The van der Waals surface area contributed by atoms with Crippen molar-refractivity contribution in [2.75, 3.05) is 25.2 Å². The molecule has 1 aromatic carbocycles. The largest absolute Gasteiger partial charge is 0.479 e. The summed E-state index contributed by atoms with van der Waals surface area (Å²) in [6.45, 7) is 5.00. The second kappa shape index (κ2) is 7.44. The Morgan fingerprint density at radius 1 is 1.33 bits per heavy atom. The first kappa shape index (κ1) is 17.9. The number of rotatable bonds is 6. The van der Waals surface area contributed by atoms with E-state index in [2.05, 4.69) is 0 Å². The molecule has 0 fully saturated rings. The monoisotopic (exact) mass is 335 g/mol. The molecule has 2 atom stereocenters. The molecule has 7 heteroatoms. The fourth-order valence-corrected chi connectivity index (χ4v) is 2.43. The van der Waals surface area contributed by atoms with Gasteiger partial charge in [0.15, 0.2) is 11.9 Å². The van der Waals surface area contributed by atoms with Gasteiger partial charge in [-0.1, -0.05) is 0 Å². The SMILES string of the molecule is COCCOC(=O)C(C)N1C(=O)C(C)Oc2ccc(C(C)=O)cc21. The molecule has 1 amide bonds. The number of hydrogen-bond acceptors (Lipinski definition) is 6. The number of fused-ring (bicyclic) bond motifs is 1. The number of benzene rings is 1. The number of methoxy groups -OCH3 is 1. The number of carbonyl (C=O) groups excluding carboxylic acids is 3. The number of Topliss-reactive ketones (excluding diaryl/α,β-unsaturated/α-hetero) is 1. The summed E-state index contributed by atoms with van der Waals surface area (Å²) >= 11 is 0. The van der Waals surface area contributed by atoms with E-state index < -0.39 is 18.1 Å². The van der Waals surface area contributed by atoms with Crippen LogP contribution in [0.2, 0.25) is 0 Å². The van der Waals surface area contributed by atoms with Gasteiger partial charge in [-0.15, -0.1) is 0 Å². The lowest BCUT2D eigenvalue weighted by Gasteiger charge is -2.36. The summed E-state index contributed by atoms with van der Waals surface area (Å²) in [6.07, 6.45) is -0.727. The van der Waals surface area contributed by atoms with Crippen LogP contribution in [-0.2, 0) is 19.1 Å². The normalized spacial score (nSPS) is 17.8. The Bertz CT molecular complexity index is 656. The average Bonchev–Trinajstić information content (AvgIpc) is 2.55. The van der Waals surface area contributed by atoms with Gasteiger partial charge in [0.25, 0.3) is 5.91 Å². The third-order valence-electron chi connectivity index (χ3n) is 3.77. The number of nitrogens with zero attached hydrogens (tertiary/aromatic N) is 1. The smallest absolute Gasteiger partial charge is 0.329 e. The maximum absolute atomic E-state index is 12.5. The van der Waals surface area contributed by atoms with E-state index in [0.29, 0.717) is 17.0 Å². The highest BCUT2D eigenvalue weighted by Gasteiger charge is 2.38. The van der Waals surface area contributed by atoms with Gasteiger partial charge in [0.05, 0.1) is 12.3 Å². The molecule has 0 N–H and O–H groups in total. The maximum atomic E-state index is 12.5. The van der Waals surface area contributed by atoms with Crippen LogP contribution in [0.3, 0.4) is 0 Å². The summed E-state index contributed by atoms with van der Waals surface area (Å²) < 4.78 is 15.5. The predicted octanol–water partition coefficient (Wildman–Crippen LogP) is 1.58. The summed E-state index contributed by atoms with van der Waals surface area (Å²) in [4.78, 5) is 37.7. The van der Waals surface area contributed by atoms with E-state index in [1.54, 1.807) is 32.0 Å². The van der Waals surface area contributed by atoms with E-state index >= 15 is 0 Å². The molecule has 0 aliphatic carbocycles. The Labute approximate surface area is 140 Å². The summed E-state index contributed by atoms with van der Waals surface area (Å²) in [6, 6.07) is 3.97. The van der Waals surface area contributed by atoms with Crippen molar-refractivity contribution in [2.45, 2.75) is 32.9 Å². The Morgan fingerprint density at radius 2 is 2.04 bits per heavy atom. The highest BCUT2D eigenvalue weighted by atomic mass is 16.6. The quantitative estimate of drug-likeness (QED) is 0.446. The Balaban J connectivity index is 2.34. The maximum Gasteiger partial charge on any atom is 0.329 e. The minimum absolute atomic E-state index is 0.105. The van der Waals surface area contributed by atoms with Gasteiger partial charge in [0, 0.05) is 12.7 Å². The van der Waals surface area contributed by atoms with E-state index in [1.807, 2.05) is 0 Å². The Morgan fingerprint density at radius 3 is 2.67 bits per heavy atom. The number of amides is 1. The van der Waals surface area contributed by atoms with E-state index in [9.17, 15) is 14.4 Å². The zero-order valence-electron chi connectivity index (χ0n) is 14.2. The average molecular weight is 335 g/mol. The molecule has 2 rings (SSSR count). The molecular formula is C17H21NO6. The summed E-state index contributed by atoms with van der Waals surface area (Å²) in [5, 5.41) is 0. The van der Waals surface area contributed by atoms with Gasteiger partial charge in [-0.3, -0.25) is 14.5 Å². The van der Waals surface area contributed by atoms with Gasteiger partial charge in [-0.2, -0.15) is 0 Å². The van der Waals surface area contributed by atoms with Crippen molar-refractivity contribution < 1.29 is 28.6 Å². The first-order valence-corrected chi connectivity index (χ1v) is 7.67. The van der Waals surface area contributed by atoms with Crippen LogP contribution in [0.1, 0.15) is 31.1 Å². The van der Waals surface area contributed by atoms with Crippen LogP contribution in [0.5, 0.6) is 5.75 Å². The van der Waals surface area contributed by atoms with Gasteiger partial charge in [-0.25, -0.2) is 4.79 Å². The van der Waals surface area contributed by atoms with Crippen LogP contribution in [-0.4, -0.2) is 50.1 Å². The van der Waals surface area contributed by atoms with Gasteiger partial charge in [-0.05, 0) is 39.0 Å². The number of esters is 1. The molecule has 24 heavy (non-hydrogen) atoms. The highest BCUT2D eigenvalue weighted by molar-refractivity contribution is 6.05. The summed E-state index contributed by atoms with van der Waals surface area (Å²) in [5.41, 5.74) is 0.826. The molecule has 0 spiro atoms. The van der Waals surface area contributed by atoms with Crippen LogP contribution in [0.15, 0.2) is 18.2 Å². The van der Waals surface area contributed by atoms with Crippen LogP contribution in [0.4, 0.5) is 5.69 Å². The number of ketones is 1. The molecule has 1 aliphatic rings. The van der Waals surface area contributed by atoms with Crippen molar-refractivity contribution in [3.63, 3.8) is 0 Å². The number of hydrogen-bond donors (Lipinski definition) is 0. The zero-order valence-corrected chi connectivity index (χ0v) is 14.2. The van der Waals surface area contributed by atoms with Crippen molar-refractivity contribution in [3.8, 4) is 5.75 Å². The molecule has 130 valence electrons. The van der Waals surface area contributed by atoms with Gasteiger partial charge < -0.3 is 14.2 Å². The molecule has 1 heterocycles. The van der Waals surface area contributed by atoms with Crippen molar-refractivity contribution in [2.24, 2.45) is 0 Å². The zero-order chi connectivity index (χ0) is 17.9. The van der Waals surface area contributed by atoms with E-state index in [4.69, 9.17) is 14.2 Å². The molecule has 0 saturated heterocycles. The second-order valence-electron chi connectivity index (χ2n) is 5.54. The molecule has 2 unspecified atom stereocenters. The Kier molecular flexibility index (Phi) is 5.56. The lowest BCUT2D eigenvalue weighted by Crippen LogP contribution is -2.52. The minimum Gasteiger partial charge on any atom is -0.479 e. The van der Waals surface area contributed by atoms with E-state index in [1.165, 1.54) is 18.9 Å². The third-order valence-corrected chi connectivity index (χ3v) is 3.77. The molecule has 7 nitrogen and oxygen atoms in total. The van der Waals surface area contributed by atoms with E-state index in [0.717, 1.165) is 0 Å². The highest BCUT2D eigenvalue weighted by Crippen LogP contribution is 2.36. The van der Waals surface area contributed by atoms with Gasteiger partial charge in [0.1, 0.15) is 18.4 Å². The van der Waals surface area contributed by atoms with Crippen LogP contribution in [0.25, 0.3) is 0 Å². The first-order valence-electron chi connectivity index (χ1n) is 7.67. The minimum atomic E-state index is -0.846. The molecule has 1 aromatic rings. The van der Waals surface area contributed by atoms with E-state index in [-0.39, 0.29) is 24.9 Å². The number of ether oxygens (including phenoxy) is 3. The number of carbonyl (C=O) groups is 3. The summed E-state index contributed by atoms with van der Waals surface area (Å²) in [7, 11) is 1.50. The topological polar surface area (TPSA) is 82.1 Å². The fourth-order valence-electron chi connectivity index (χ4n) is 2.43. The molecular weight excluding hydrogens is 314 g/mol. The molecule has 0 radical (unpaired) electrons. The molecule has 0 aromatic heterocycles. The van der Waals surface area contributed by atoms with Crippen molar-refractivity contribution in [1.29, 1.82) is 0 Å².